The quantitative estimate of drug-likeness (QED) is 0.764. The molecule has 0 spiro atoms. The molecule has 2 heterocycles. The Balaban J connectivity index is 1.61. The number of H-pyrrole nitrogens is 1. The molecule has 0 saturated heterocycles. The van der Waals surface area contributed by atoms with E-state index in [9.17, 15) is 4.79 Å². The fourth-order valence-electron chi connectivity index (χ4n) is 2.31. The van der Waals surface area contributed by atoms with Crippen LogP contribution in [0, 0.1) is 6.92 Å². The van der Waals surface area contributed by atoms with E-state index in [4.69, 9.17) is 4.42 Å². The largest absolute Gasteiger partial charge is 0.469 e. The highest BCUT2D eigenvalue weighted by molar-refractivity contribution is 5.94. The van der Waals surface area contributed by atoms with Crippen molar-refractivity contribution in [3.05, 3.63) is 59.7 Å². The molecule has 0 unspecified atom stereocenters. The second-order valence-corrected chi connectivity index (χ2v) is 4.81. The molecule has 0 aliphatic carbocycles. The summed E-state index contributed by atoms with van der Waals surface area (Å²) in [6, 6.07) is 9.90. The Morgan fingerprint density at radius 2 is 2.20 bits per heavy atom. The Kier molecular flexibility index (Phi) is 3.29. The molecular formula is C16H16N2O2. The summed E-state index contributed by atoms with van der Waals surface area (Å²) < 4.78 is 5.13. The second-order valence-electron chi connectivity index (χ2n) is 4.81. The van der Waals surface area contributed by atoms with E-state index in [0.717, 1.165) is 17.7 Å². The monoisotopic (exact) mass is 268 g/mol. The topological polar surface area (TPSA) is 58.0 Å². The third-order valence-corrected chi connectivity index (χ3v) is 3.35. The first-order valence-corrected chi connectivity index (χ1v) is 6.62. The molecular weight excluding hydrogens is 252 g/mol. The Labute approximate surface area is 116 Å². The maximum Gasteiger partial charge on any atom is 0.254 e. The molecule has 0 radical (unpaired) electrons. The maximum absolute atomic E-state index is 11.9. The number of carbonyl (C=O) groups excluding carboxylic acids is 1. The number of carbonyl (C=O) groups is 1. The number of hydrogen-bond acceptors (Lipinski definition) is 2. The van der Waals surface area contributed by atoms with Crippen molar-refractivity contribution in [1.29, 1.82) is 0 Å². The summed E-state index contributed by atoms with van der Waals surface area (Å²) in [5, 5.41) is 4.11. The number of aromatic amines is 1. The van der Waals surface area contributed by atoms with Gasteiger partial charge < -0.3 is 14.7 Å². The summed E-state index contributed by atoms with van der Waals surface area (Å²) in [6.07, 6.45) is 4.28. The van der Waals surface area contributed by atoms with Gasteiger partial charge in [-0.3, -0.25) is 4.79 Å². The van der Waals surface area contributed by atoms with Crippen LogP contribution in [0.25, 0.3) is 10.9 Å². The first-order chi connectivity index (χ1) is 9.74. The molecule has 0 aliphatic heterocycles. The number of rotatable bonds is 4. The van der Waals surface area contributed by atoms with E-state index in [0.29, 0.717) is 12.1 Å². The molecule has 4 nitrogen and oxygen atoms in total. The van der Waals surface area contributed by atoms with Crippen molar-refractivity contribution in [1.82, 2.24) is 10.3 Å². The van der Waals surface area contributed by atoms with Gasteiger partial charge in [0, 0.05) is 23.6 Å². The molecule has 102 valence electrons. The van der Waals surface area contributed by atoms with Crippen molar-refractivity contribution < 1.29 is 9.21 Å². The van der Waals surface area contributed by atoms with Gasteiger partial charge in [0.15, 0.2) is 0 Å². The summed E-state index contributed by atoms with van der Waals surface area (Å²) in [6.45, 7) is 2.42. The normalized spacial score (nSPS) is 10.8. The fourth-order valence-corrected chi connectivity index (χ4v) is 2.31. The molecule has 1 amide bonds. The minimum absolute atomic E-state index is 0.0957. The van der Waals surface area contributed by atoms with Gasteiger partial charge in [0.2, 0.25) is 0 Å². The number of amides is 1. The molecule has 3 aromatic rings. The number of nitrogens with one attached hydrogen (secondary N) is 2. The summed E-state index contributed by atoms with van der Waals surface area (Å²) in [4.78, 5) is 15.1. The van der Waals surface area contributed by atoms with Gasteiger partial charge in [0.1, 0.15) is 12.0 Å². The zero-order chi connectivity index (χ0) is 13.9. The van der Waals surface area contributed by atoms with Crippen molar-refractivity contribution in [2.75, 3.05) is 6.54 Å². The van der Waals surface area contributed by atoms with Gasteiger partial charge in [-0.15, -0.1) is 0 Å². The minimum atomic E-state index is -0.0957. The van der Waals surface area contributed by atoms with Gasteiger partial charge in [-0.2, -0.15) is 0 Å². The smallest absolute Gasteiger partial charge is 0.254 e. The Morgan fingerprint density at radius 1 is 1.35 bits per heavy atom. The van der Waals surface area contributed by atoms with E-state index >= 15 is 0 Å². The Hall–Kier alpha value is -2.49. The third kappa shape index (κ3) is 2.45. The van der Waals surface area contributed by atoms with Crippen molar-refractivity contribution in [3.8, 4) is 0 Å². The highest BCUT2D eigenvalue weighted by Crippen LogP contribution is 2.17. The lowest BCUT2D eigenvalue weighted by atomic mass is 10.1. The fraction of sp³-hybridized carbons (Fsp3) is 0.188. The number of benzene rings is 1. The molecule has 2 aromatic heterocycles. The minimum Gasteiger partial charge on any atom is -0.469 e. The number of aryl methyl sites for hydroxylation is 1. The number of aromatic nitrogens is 1. The summed E-state index contributed by atoms with van der Waals surface area (Å²) in [7, 11) is 0. The van der Waals surface area contributed by atoms with E-state index in [1.54, 1.807) is 6.07 Å². The van der Waals surface area contributed by atoms with Crippen molar-refractivity contribution >= 4 is 16.8 Å². The summed E-state index contributed by atoms with van der Waals surface area (Å²) in [5.41, 5.74) is 2.91. The number of fused-ring (bicyclic) bond motifs is 1. The van der Waals surface area contributed by atoms with E-state index < -0.39 is 0 Å². The lowest BCUT2D eigenvalue weighted by Crippen LogP contribution is -2.25. The van der Waals surface area contributed by atoms with Crippen LogP contribution in [-0.4, -0.2) is 17.4 Å². The van der Waals surface area contributed by atoms with Crippen LogP contribution < -0.4 is 5.32 Å². The summed E-state index contributed by atoms with van der Waals surface area (Å²) >= 11 is 0. The average Bonchev–Trinajstić information content (AvgIpc) is 3.06. The first-order valence-electron chi connectivity index (χ1n) is 6.62. The number of para-hydroxylation sites is 1. The van der Waals surface area contributed by atoms with Crippen LogP contribution >= 0.6 is 0 Å². The lowest BCUT2D eigenvalue weighted by molar-refractivity contribution is 0.0953. The van der Waals surface area contributed by atoms with Crippen LogP contribution in [-0.2, 0) is 6.42 Å². The highest BCUT2D eigenvalue weighted by atomic mass is 16.3. The molecule has 3 rings (SSSR count). The summed E-state index contributed by atoms with van der Waals surface area (Å²) in [5.74, 6) is 0.647. The van der Waals surface area contributed by atoms with Crippen molar-refractivity contribution in [2.45, 2.75) is 13.3 Å². The van der Waals surface area contributed by atoms with Crippen LogP contribution in [0.15, 0.2) is 47.2 Å². The molecule has 2 N–H and O–H groups in total. The zero-order valence-electron chi connectivity index (χ0n) is 11.3. The lowest BCUT2D eigenvalue weighted by Gasteiger charge is -2.02. The van der Waals surface area contributed by atoms with Gasteiger partial charge in [0.25, 0.3) is 5.91 Å². The molecule has 0 aliphatic rings. The molecule has 0 bridgehead atoms. The van der Waals surface area contributed by atoms with Gasteiger partial charge >= 0.3 is 0 Å². The van der Waals surface area contributed by atoms with Crippen molar-refractivity contribution in [2.24, 2.45) is 0 Å². The van der Waals surface area contributed by atoms with E-state index in [1.165, 1.54) is 17.2 Å². The van der Waals surface area contributed by atoms with Gasteiger partial charge in [0.05, 0.1) is 5.56 Å². The molecule has 1 aromatic carbocycles. The third-order valence-electron chi connectivity index (χ3n) is 3.35. The maximum atomic E-state index is 11.9. The first kappa shape index (κ1) is 12.5. The second kappa shape index (κ2) is 5.25. The number of furan rings is 1. The predicted octanol–water partition coefficient (Wildman–Crippen LogP) is 3.04. The SMILES string of the molecule is Cc1cc(C(=O)NCCc2c[nH]c3ccccc23)co1. The van der Waals surface area contributed by atoms with Crippen molar-refractivity contribution in [3.63, 3.8) is 0 Å². The van der Waals surface area contributed by atoms with Crippen LogP contribution in [0.4, 0.5) is 0 Å². The van der Waals surface area contributed by atoms with Gasteiger partial charge in [-0.25, -0.2) is 0 Å². The average molecular weight is 268 g/mol. The molecule has 0 fully saturated rings. The Bertz CT molecular complexity index is 740. The Morgan fingerprint density at radius 3 is 3.00 bits per heavy atom. The number of hydrogen-bond donors (Lipinski definition) is 2. The van der Waals surface area contributed by atoms with Crippen LogP contribution in [0.5, 0.6) is 0 Å². The van der Waals surface area contributed by atoms with Crippen LogP contribution in [0.3, 0.4) is 0 Å². The van der Waals surface area contributed by atoms with Gasteiger partial charge in [-0.1, -0.05) is 18.2 Å². The predicted molar refractivity (Wildman–Crippen MR) is 77.8 cm³/mol. The van der Waals surface area contributed by atoms with Crippen LogP contribution in [0.1, 0.15) is 21.7 Å². The molecule has 0 atom stereocenters. The van der Waals surface area contributed by atoms with Gasteiger partial charge in [-0.05, 0) is 31.0 Å². The molecule has 4 heteroatoms. The van der Waals surface area contributed by atoms with E-state index in [-0.39, 0.29) is 5.91 Å². The van der Waals surface area contributed by atoms with E-state index in [2.05, 4.69) is 16.4 Å². The zero-order valence-corrected chi connectivity index (χ0v) is 11.3. The van der Waals surface area contributed by atoms with E-state index in [1.807, 2.05) is 31.3 Å². The van der Waals surface area contributed by atoms with Crippen LogP contribution in [0.2, 0.25) is 0 Å². The molecule has 20 heavy (non-hydrogen) atoms. The standard InChI is InChI=1S/C16H16N2O2/c1-11-8-13(10-20-11)16(19)17-7-6-12-9-18-15-5-3-2-4-14(12)15/h2-5,8-10,18H,6-7H2,1H3,(H,17,19). The molecule has 0 saturated carbocycles. The highest BCUT2D eigenvalue weighted by Gasteiger charge is 2.08.